The summed E-state index contributed by atoms with van der Waals surface area (Å²) in [6.45, 7) is 8.02. The zero-order chi connectivity index (χ0) is 20.0. The molecular formula is C14H26N2O9S. The molecule has 3 rings (SSSR count). The molecule has 0 aromatic heterocycles. The first-order valence-electron chi connectivity index (χ1n) is 7.95. The van der Waals surface area contributed by atoms with Gasteiger partial charge in [0.05, 0.1) is 6.61 Å². The predicted octanol–water partition coefficient (Wildman–Crippen LogP) is -0.904. The zero-order valence-electron chi connectivity index (χ0n) is 15.4. The highest BCUT2D eigenvalue weighted by atomic mass is 32.2. The number of carbonyl (C=O) groups excluding carboxylic acids is 1. The quantitative estimate of drug-likeness (QED) is 0.614. The first kappa shape index (κ1) is 21.4. The lowest BCUT2D eigenvalue weighted by molar-refractivity contribution is -0.290. The first-order valence-corrected chi connectivity index (χ1v) is 9.43. The Kier molecular flexibility index (Phi) is 5.73. The maximum atomic E-state index is 11.1. The van der Waals surface area contributed by atoms with Crippen molar-refractivity contribution in [3.63, 3.8) is 0 Å². The number of rotatable bonds is 3. The molecule has 0 saturated carbocycles. The van der Waals surface area contributed by atoms with Gasteiger partial charge < -0.3 is 29.4 Å². The molecule has 26 heavy (non-hydrogen) atoms. The Morgan fingerprint density at radius 2 is 1.73 bits per heavy atom. The van der Waals surface area contributed by atoms with E-state index in [0.717, 1.165) is 0 Å². The Balaban J connectivity index is 0.000000552. The molecule has 3 saturated heterocycles. The fourth-order valence-corrected chi connectivity index (χ4v) is 3.44. The van der Waals surface area contributed by atoms with Crippen LogP contribution in [0.25, 0.3) is 0 Å². The van der Waals surface area contributed by atoms with Gasteiger partial charge in [-0.1, -0.05) is 0 Å². The van der Waals surface area contributed by atoms with Crippen molar-refractivity contribution in [3.05, 3.63) is 0 Å². The largest absolute Gasteiger partial charge is 0.370 e. The normalized spacial score (nSPS) is 37.2. The Morgan fingerprint density at radius 1 is 1.15 bits per heavy atom. The van der Waals surface area contributed by atoms with Crippen LogP contribution in [-0.4, -0.2) is 63.2 Å². The van der Waals surface area contributed by atoms with E-state index in [4.69, 9.17) is 33.0 Å². The molecule has 3 heterocycles. The molecule has 152 valence electrons. The van der Waals surface area contributed by atoms with Crippen LogP contribution in [-0.2, 0) is 43.0 Å². The number of nitrogens with two attached hydrogens (primary N) is 2. The number of ether oxygens (including phenoxy) is 5. The van der Waals surface area contributed by atoms with E-state index in [9.17, 15) is 13.2 Å². The summed E-state index contributed by atoms with van der Waals surface area (Å²) in [5, 5.41) is 4.89. The summed E-state index contributed by atoms with van der Waals surface area (Å²) >= 11 is 0. The fourth-order valence-electron chi connectivity index (χ4n) is 3.11. The third kappa shape index (κ3) is 5.10. The van der Waals surface area contributed by atoms with Gasteiger partial charge in [-0.25, -0.2) is 5.14 Å². The second kappa shape index (κ2) is 6.95. The molecule has 0 unspecified atom stereocenters. The van der Waals surface area contributed by atoms with Crippen LogP contribution in [0.1, 0.15) is 34.6 Å². The predicted molar refractivity (Wildman–Crippen MR) is 86.5 cm³/mol. The molecule has 0 aliphatic carbocycles. The van der Waals surface area contributed by atoms with Crippen molar-refractivity contribution in [2.75, 3.05) is 13.2 Å². The maximum Gasteiger partial charge on any atom is 0.333 e. The number of amides is 1. The van der Waals surface area contributed by atoms with Gasteiger partial charge in [0.15, 0.2) is 11.6 Å². The fraction of sp³-hybridized carbons (Fsp3) is 0.929. The van der Waals surface area contributed by atoms with Gasteiger partial charge in [-0.2, -0.15) is 8.42 Å². The molecule has 12 heteroatoms. The minimum absolute atomic E-state index is 0.165. The van der Waals surface area contributed by atoms with Gasteiger partial charge in [-0.05, 0) is 27.7 Å². The van der Waals surface area contributed by atoms with E-state index in [-0.39, 0.29) is 18.6 Å². The molecule has 4 atom stereocenters. The lowest BCUT2D eigenvalue weighted by Crippen LogP contribution is -2.60. The van der Waals surface area contributed by atoms with Crippen LogP contribution < -0.4 is 10.9 Å². The summed E-state index contributed by atoms with van der Waals surface area (Å²) in [6, 6.07) is 0. The Hall–Kier alpha value is -0.860. The first-order chi connectivity index (χ1) is 11.6. The Bertz CT molecular complexity index is 647. The molecule has 3 aliphatic heterocycles. The summed E-state index contributed by atoms with van der Waals surface area (Å²) in [6.07, 6.45) is -1.50. The van der Waals surface area contributed by atoms with Crippen molar-refractivity contribution in [3.8, 4) is 0 Å². The molecule has 3 fully saturated rings. The number of fused-ring (bicyclic) bond motifs is 3. The molecular weight excluding hydrogens is 372 g/mol. The topological polar surface area (TPSA) is 159 Å². The van der Waals surface area contributed by atoms with E-state index in [1.54, 1.807) is 27.7 Å². The zero-order valence-corrected chi connectivity index (χ0v) is 16.2. The third-order valence-electron chi connectivity index (χ3n) is 3.70. The monoisotopic (exact) mass is 398 g/mol. The van der Waals surface area contributed by atoms with Crippen LogP contribution in [0.2, 0.25) is 0 Å². The molecule has 3 aliphatic rings. The van der Waals surface area contributed by atoms with Gasteiger partial charge in [0, 0.05) is 6.92 Å². The van der Waals surface area contributed by atoms with E-state index in [0.29, 0.717) is 0 Å². The third-order valence-corrected chi connectivity index (χ3v) is 4.15. The van der Waals surface area contributed by atoms with E-state index in [1.165, 1.54) is 6.92 Å². The van der Waals surface area contributed by atoms with Crippen molar-refractivity contribution >= 4 is 16.2 Å². The number of hydrogen-bond acceptors (Lipinski definition) is 9. The van der Waals surface area contributed by atoms with Crippen molar-refractivity contribution in [1.82, 2.24) is 0 Å². The minimum atomic E-state index is -4.14. The Morgan fingerprint density at radius 3 is 2.27 bits per heavy atom. The minimum Gasteiger partial charge on any atom is -0.370 e. The smallest absolute Gasteiger partial charge is 0.333 e. The van der Waals surface area contributed by atoms with Crippen LogP contribution in [0.4, 0.5) is 0 Å². The van der Waals surface area contributed by atoms with Crippen molar-refractivity contribution in [1.29, 1.82) is 0 Å². The highest BCUT2D eigenvalue weighted by molar-refractivity contribution is 7.84. The van der Waals surface area contributed by atoms with Gasteiger partial charge in [-0.15, -0.1) is 0 Å². The number of hydrogen-bond donors (Lipinski definition) is 2. The highest BCUT2D eigenvalue weighted by Gasteiger charge is 2.65. The van der Waals surface area contributed by atoms with E-state index in [1.807, 2.05) is 0 Å². The highest BCUT2D eigenvalue weighted by Crippen LogP contribution is 2.47. The van der Waals surface area contributed by atoms with E-state index in [2.05, 4.69) is 5.73 Å². The summed E-state index contributed by atoms with van der Waals surface area (Å²) in [4.78, 5) is 9.22. The molecule has 0 aromatic carbocycles. The molecule has 0 spiro atoms. The average molecular weight is 398 g/mol. The van der Waals surface area contributed by atoms with E-state index >= 15 is 0 Å². The van der Waals surface area contributed by atoms with Crippen LogP contribution in [0.3, 0.4) is 0 Å². The summed E-state index contributed by atoms with van der Waals surface area (Å²) < 4.78 is 55.9. The summed E-state index contributed by atoms with van der Waals surface area (Å²) in [5.41, 5.74) is 4.47. The molecule has 0 bridgehead atoms. The van der Waals surface area contributed by atoms with Crippen molar-refractivity contribution in [2.45, 2.75) is 70.3 Å². The van der Waals surface area contributed by atoms with Gasteiger partial charge in [0.25, 0.3) is 0 Å². The van der Waals surface area contributed by atoms with E-state index < -0.39 is 46.5 Å². The Labute approximate surface area is 152 Å². The number of primary amides is 1. The van der Waals surface area contributed by atoms with Gasteiger partial charge in [-0.3, -0.25) is 8.98 Å². The molecule has 1 amide bonds. The maximum absolute atomic E-state index is 11.1. The molecule has 11 nitrogen and oxygen atoms in total. The van der Waals surface area contributed by atoms with Gasteiger partial charge >= 0.3 is 10.3 Å². The summed E-state index contributed by atoms with van der Waals surface area (Å²) in [7, 11) is -4.14. The molecule has 0 aromatic rings. The second-order valence-corrected chi connectivity index (χ2v) is 8.39. The van der Waals surface area contributed by atoms with Crippen LogP contribution in [0.15, 0.2) is 0 Å². The van der Waals surface area contributed by atoms with Crippen LogP contribution in [0, 0.1) is 0 Å². The molecule has 0 radical (unpaired) electrons. The lowest BCUT2D eigenvalue weighted by Gasteiger charge is -2.40. The van der Waals surface area contributed by atoms with Crippen LogP contribution in [0.5, 0.6) is 0 Å². The number of carbonyl (C=O) groups is 1. The average Bonchev–Trinajstić information content (AvgIpc) is 2.87. The molecule has 4 N–H and O–H groups in total. The van der Waals surface area contributed by atoms with Gasteiger partial charge in [0.2, 0.25) is 11.7 Å². The van der Waals surface area contributed by atoms with Crippen molar-refractivity contribution in [2.24, 2.45) is 10.9 Å². The lowest BCUT2D eigenvalue weighted by atomic mass is 9.98. The SMILES string of the molecule is CC(N)=O.CC1(C)O[C@@H]2[C@@H](CO[C@@]3(COS(N)(=O)=O)OC(C)(C)O[C@@H]23)O1. The van der Waals surface area contributed by atoms with Crippen molar-refractivity contribution < 1.29 is 41.1 Å². The van der Waals surface area contributed by atoms with Crippen LogP contribution >= 0.6 is 0 Å². The standard InChI is InChI=1S/C12H21NO8S.C2H5NO/c1-10(2)18-7-5-16-12(6-17-22(13,14)15)9(8(7)19-10)20-11(3,4)21-12;1-2(3)4/h7-9H,5-6H2,1-4H3,(H2,13,14,15);1H3,(H2,3,4)/t7-,8-,9+,12+;/m1./s1. The second-order valence-electron chi connectivity index (χ2n) is 7.17. The summed E-state index contributed by atoms with van der Waals surface area (Å²) in [5.74, 6) is -3.52. The van der Waals surface area contributed by atoms with Gasteiger partial charge in [0.1, 0.15) is 24.9 Å².